The van der Waals surface area contributed by atoms with Crippen molar-refractivity contribution in [3.05, 3.63) is 42.3 Å². The normalized spacial score (nSPS) is 14.8. The highest BCUT2D eigenvalue weighted by atomic mass is 16.4. The summed E-state index contributed by atoms with van der Waals surface area (Å²) < 4.78 is 5.65. The van der Waals surface area contributed by atoms with Gasteiger partial charge in [0.2, 0.25) is 5.89 Å². The minimum absolute atomic E-state index is 0.475. The molecule has 0 saturated heterocycles. The summed E-state index contributed by atoms with van der Waals surface area (Å²) in [6, 6.07) is 12.5. The summed E-state index contributed by atoms with van der Waals surface area (Å²) >= 11 is 0. The molecule has 1 fully saturated rings. The highest BCUT2D eigenvalue weighted by Crippen LogP contribution is 2.21. The second-order valence-electron chi connectivity index (χ2n) is 5.05. The van der Waals surface area contributed by atoms with Gasteiger partial charge in [-0.2, -0.15) is 0 Å². The van der Waals surface area contributed by atoms with Crippen LogP contribution in [-0.2, 0) is 6.54 Å². The minimum Gasteiger partial charge on any atom is -0.418 e. The van der Waals surface area contributed by atoms with Crippen LogP contribution in [0.25, 0.3) is 22.5 Å². The molecule has 2 aromatic heterocycles. The Labute approximate surface area is 116 Å². The van der Waals surface area contributed by atoms with E-state index in [1.807, 2.05) is 36.4 Å². The maximum atomic E-state index is 5.65. The van der Waals surface area contributed by atoms with Gasteiger partial charge in [-0.25, -0.2) is 4.98 Å². The maximum Gasteiger partial charge on any atom is 0.266 e. The molecule has 1 aliphatic rings. The van der Waals surface area contributed by atoms with Crippen LogP contribution >= 0.6 is 0 Å². The first-order chi connectivity index (χ1) is 9.88. The van der Waals surface area contributed by atoms with Gasteiger partial charge in [0.1, 0.15) is 5.69 Å². The van der Waals surface area contributed by atoms with Crippen molar-refractivity contribution in [3.8, 4) is 11.6 Å². The molecule has 0 aliphatic heterocycles. The summed E-state index contributed by atoms with van der Waals surface area (Å²) in [4.78, 5) is 4.55. The van der Waals surface area contributed by atoms with Gasteiger partial charge in [-0.3, -0.25) is 0 Å². The number of rotatable bonds is 4. The number of pyridine rings is 1. The Kier molecular flexibility index (Phi) is 2.70. The summed E-state index contributed by atoms with van der Waals surface area (Å²) in [5.74, 6) is 1.09. The number of benzene rings is 1. The van der Waals surface area contributed by atoms with Crippen molar-refractivity contribution in [3.63, 3.8) is 0 Å². The fourth-order valence-corrected chi connectivity index (χ4v) is 2.13. The van der Waals surface area contributed by atoms with Crippen LogP contribution in [0.15, 0.2) is 40.8 Å². The molecule has 1 aromatic carbocycles. The van der Waals surface area contributed by atoms with Crippen LogP contribution in [0.1, 0.15) is 18.7 Å². The quantitative estimate of drug-likeness (QED) is 0.786. The molecule has 0 atom stereocenters. The summed E-state index contributed by atoms with van der Waals surface area (Å²) in [7, 11) is 0. The van der Waals surface area contributed by atoms with Gasteiger partial charge in [0.15, 0.2) is 0 Å². The zero-order chi connectivity index (χ0) is 13.4. The Bertz CT molecular complexity index is 748. The Morgan fingerprint density at radius 2 is 2.00 bits per heavy atom. The Morgan fingerprint density at radius 1 is 1.10 bits per heavy atom. The van der Waals surface area contributed by atoms with Crippen LogP contribution in [0.5, 0.6) is 0 Å². The molecule has 3 aromatic rings. The maximum absolute atomic E-state index is 5.65. The first-order valence-electron chi connectivity index (χ1n) is 6.80. The van der Waals surface area contributed by atoms with Crippen LogP contribution in [0.3, 0.4) is 0 Å². The van der Waals surface area contributed by atoms with E-state index >= 15 is 0 Å². The summed E-state index contributed by atoms with van der Waals surface area (Å²) in [6.07, 6.45) is 2.49. The first-order valence-corrected chi connectivity index (χ1v) is 6.80. The molecule has 0 unspecified atom stereocenters. The minimum atomic E-state index is 0.475. The lowest BCUT2D eigenvalue weighted by Crippen LogP contribution is -2.15. The molecular weight excluding hydrogens is 252 g/mol. The zero-order valence-corrected chi connectivity index (χ0v) is 10.9. The van der Waals surface area contributed by atoms with Crippen molar-refractivity contribution < 1.29 is 4.42 Å². The lowest BCUT2D eigenvalue weighted by Gasteiger charge is -1.99. The molecule has 0 spiro atoms. The Balaban J connectivity index is 1.60. The number of hydrogen-bond donors (Lipinski definition) is 1. The Morgan fingerprint density at radius 3 is 2.90 bits per heavy atom. The fourth-order valence-electron chi connectivity index (χ4n) is 2.13. The highest BCUT2D eigenvalue weighted by molar-refractivity contribution is 5.80. The molecule has 1 N–H and O–H groups in total. The van der Waals surface area contributed by atoms with Crippen molar-refractivity contribution >= 4 is 10.9 Å². The number of nitrogens with zero attached hydrogens (tertiary/aromatic N) is 3. The van der Waals surface area contributed by atoms with E-state index < -0.39 is 0 Å². The van der Waals surface area contributed by atoms with Crippen LogP contribution in [0.2, 0.25) is 0 Å². The van der Waals surface area contributed by atoms with Crippen LogP contribution in [0, 0.1) is 0 Å². The number of aromatic nitrogens is 3. The Hall–Kier alpha value is -2.27. The van der Waals surface area contributed by atoms with Crippen LogP contribution in [-0.4, -0.2) is 21.2 Å². The van der Waals surface area contributed by atoms with E-state index in [0.29, 0.717) is 30.1 Å². The smallest absolute Gasteiger partial charge is 0.266 e. The van der Waals surface area contributed by atoms with Gasteiger partial charge in [-0.05, 0) is 25.0 Å². The summed E-state index contributed by atoms with van der Waals surface area (Å²) in [5, 5.41) is 12.6. The molecule has 0 radical (unpaired) electrons. The molecule has 0 amide bonds. The third-order valence-corrected chi connectivity index (χ3v) is 3.40. The number of nitrogens with one attached hydrogen (secondary N) is 1. The van der Waals surface area contributed by atoms with E-state index in [-0.39, 0.29) is 0 Å². The van der Waals surface area contributed by atoms with Crippen molar-refractivity contribution in [1.29, 1.82) is 0 Å². The van der Waals surface area contributed by atoms with E-state index in [1.54, 1.807) is 0 Å². The van der Waals surface area contributed by atoms with Gasteiger partial charge in [-0.1, -0.05) is 24.3 Å². The van der Waals surface area contributed by atoms with Gasteiger partial charge in [0.25, 0.3) is 5.89 Å². The SMILES string of the molecule is c1ccc2nc(-c3nnc(CNC4CC4)o3)ccc2c1. The summed E-state index contributed by atoms with van der Waals surface area (Å²) in [6.45, 7) is 0.630. The predicted molar refractivity (Wildman–Crippen MR) is 74.9 cm³/mol. The molecule has 20 heavy (non-hydrogen) atoms. The van der Waals surface area contributed by atoms with E-state index in [1.165, 1.54) is 12.8 Å². The monoisotopic (exact) mass is 266 g/mol. The van der Waals surface area contributed by atoms with Crippen molar-refractivity contribution in [1.82, 2.24) is 20.5 Å². The van der Waals surface area contributed by atoms with Gasteiger partial charge in [0, 0.05) is 11.4 Å². The average molecular weight is 266 g/mol. The predicted octanol–water partition coefficient (Wildman–Crippen LogP) is 2.54. The second-order valence-corrected chi connectivity index (χ2v) is 5.05. The lowest BCUT2D eigenvalue weighted by molar-refractivity contribution is 0.475. The molecular formula is C15H14N4O. The zero-order valence-electron chi connectivity index (χ0n) is 10.9. The highest BCUT2D eigenvalue weighted by Gasteiger charge is 2.21. The molecule has 4 rings (SSSR count). The molecule has 1 aliphatic carbocycles. The molecule has 100 valence electrons. The number of hydrogen-bond acceptors (Lipinski definition) is 5. The van der Waals surface area contributed by atoms with Crippen molar-refractivity contribution in [2.45, 2.75) is 25.4 Å². The third kappa shape index (κ3) is 2.28. The van der Waals surface area contributed by atoms with Gasteiger partial charge >= 0.3 is 0 Å². The largest absolute Gasteiger partial charge is 0.418 e. The molecule has 0 bridgehead atoms. The topological polar surface area (TPSA) is 63.8 Å². The molecule has 5 heteroatoms. The van der Waals surface area contributed by atoms with Gasteiger partial charge in [0.05, 0.1) is 12.1 Å². The van der Waals surface area contributed by atoms with Gasteiger partial charge in [-0.15, -0.1) is 10.2 Å². The van der Waals surface area contributed by atoms with Crippen molar-refractivity contribution in [2.75, 3.05) is 0 Å². The molecule has 2 heterocycles. The van der Waals surface area contributed by atoms with E-state index in [9.17, 15) is 0 Å². The lowest BCUT2D eigenvalue weighted by atomic mass is 10.2. The molecule has 5 nitrogen and oxygen atoms in total. The van der Waals surface area contributed by atoms with E-state index in [0.717, 1.165) is 10.9 Å². The van der Waals surface area contributed by atoms with Crippen LogP contribution in [0.4, 0.5) is 0 Å². The number of para-hydroxylation sites is 1. The van der Waals surface area contributed by atoms with Crippen LogP contribution < -0.4 is 5.32 Å². The standard InChI is InChI=1S/C15H14N4O/c1-2-4-12-10(3-1)5-8-13(17-12)15-19-18-14(20-15)9-16-11-6-7-11/h1-5,8,11,16H,6-7,9H2. The van der Waals surface area contributed by atoms with E-state index in [2.05, 4.69) is 20.5 Å². The van der Waals surface area contributed by atoms with Gasteiger partial charge < -0.3 is 9.73 Å². The first kappa shape index (κ1) is 11.5. The summed E-state index contributed by atoms with van der Waals surface area (Å²) in [5.41, 5.74) is 1.65. The second kappa shape index (κ2) is 4.68. The van der Waals surface area contributed by atoms with E-state index in [4.69, 9.17) is 4.42 Å². The third-order valence-electron chi connectivity index (χ3n) is 3.40. The average Bonchev–Trinajstić information content (AvgIpc) is 3.21. The fraction of sp³-hybridized carbons (Fsp3) is 0.267. The number of fused-ring (bicyclic) bond motifs is 1. The van der Waals surface area contributed by atoms with Crippen molar-refractivity contribution in [2.24, 2.45) is 0 Å². The molecule has 1 saturated carbocycles.